The van der Waals surface area contributed by atoms with Gasteiger partial charge in [-0.15, -0.1) is 0 Å². The van der Waals surface area contributed by atoms with Crippen molar-refractivity contribution in [3.8, 4) is 0 Å². The summed E-state index contributed by atoms with van der Waals surface area (Å²) in [5, 5.41) is 0. The Morgan fingerprint density at radius 3 is 1.38 bits per heavy atom. The van der Waals surface area contributed by atoms with Crippen LogP contribution in [0.2, 0.25) is 0 Å². The molecule has 0 aliphatic carbocycles. The molecule has 13 heavy (non-hydrogen) atoms. The fraction of sp³-hybridized carbons (Fsp3) is 1.00. The van der Waals surface area contributed by atoms with E-state index in [0.717, 1.165) is 18.2 Å². The first kappa shape index (κ1) is 14.4. The van der Waals surface area contributed by atoms with Crippen LogP contribution in [0.15, 0.2) is 0 Å². The fourth-order valence-electron chi connectivity index (χ4n) is 1.07. The van der Waals surface area contributed by atoms with Crippen molar-refractivity contribution in [2.75, 3.05) is 18.2 Å². The predicted octanol–water partition coefficient (Wildman–Crippen LogP) is 5.53. The standard InChI is InChI=1S/C9H20Cl2P2/c1-8(2)5-12(10)7-13(11)6-9(3)4/h8-9H,5-7H2,1-4H3. The summed E-state index contributed by atoms with van der Waals surface area (Å²) in [5.74, 6) is 2.50. The van der Waals surface area contributed by atoms with Crippen LogP contribution in [0, 0.1) is 11.8 Å². The molecule has 2 unspecified atom stereocenters. The highest BCUT2D eigenvalue weighted by Gasteiger charge is 2.14. The van der Waals surface area contributed by atoms with Gasteiger partial charge in [0.2, 0.25) is 0 Å². The van der Waals surface area contributed by atoms with E-state index >= 15 is 0 Å². The third-order valence-electron chi connectivity index (χ3n) is 1.43. The Kier molecular flexibility index (Phi) is 8.55. The van der Waals surface area contributed by atoms with E-state index in [2.05, 4.69) is 27.7 Å². The Labute approximate surface area is 94.8 Å². The van der Waals surface area contributed by atoms with E-state index in [9.17, 15) is 0 Å². The van der Waals surface area contributed by atoms with Crippen LogP contribution in [0.1, 0.15) is 27.7 Å². The Balaban J connectivity index is 3.58. The van der Waals surface area contributed by atoms with Crippen molar-refractivity contribution in [3.05, 3.63) is 0 Å². The summed E-state index contributed by atoms with van der Waals surface area (Å²) in [7, 11) is -0.642. The molecule has 0 aromatic carbocycles. The topological polar surface area (TPSA) is 0 Å². The first-order valence-electron chi connectivity index (χ1n) is 4.73. The number of hydrogen-bond acceptors (Lipinski definition) is 0. The summed E-state index contributed by atoms with van der Waals surface area (Å²) >= 11 is 12.5. The molecule has 0 nitrogen and oxygen atoms in total. The fourth-order valence-corrected chi connectivity index (χ4v) is 9.39. The van der Waals surface area contributed by atoms with Gasteiger partial charge in [0.15, 0.2) is 0 Å². The number of hydrogen-bond donors (Lipinski definition) is 0. The van der Waals surface area contributed by atoms with E-state index < -0.39 is 0 Å². The Hall–Kier alpha value is 1.44. The van der Waals surface area contributed by atoms with Crippen LogP contribution >= 0.6 is 37.0 Å². The zero-order chi connectivity index (χ0) is 10.4. The molecule has 0 fully saturated rings. The average Bonchev–Trinajstić information content (AvgIpc) is 1.80. The Bertz CT molecular complexity index is 115. The molecule has 80 valence electrons. The van der Waals surface area contributed by atoms with Gasteiger partial charge in [-0.2, -0.15) is 0 Å². The highest BCUT2D eigenvalue weighted by Crippen LogP contribution is 2.57. The van der Waals surface area contributed by atoms with E-state index in [4.69, 9.17) is 22.5 Å². The van der Waals surface area contributed by atoms with Gasteiger partial charge in [-0.05, 0) is 38.7 Å². The van der Waals surface area contributed by atoms with Gasteiger partial charge in [-0.25, -0.2) is 0 Å². The normalized spacial score (nSPS) is 16.6. The van der Waals surface area contributed by atoms with Crippen LogP contribution in [-0.2, 0) is 0 Å². The highest BCUT2D eigenvalue weighted by molar-refractivity contribution is 7.98. The van der Waals surface area contributed by atoms with Crippen molar-refractivity contribution in [1.82, 2.24) is 0 Å². The van der Waals surface area contributed by atoms with Crippen LogP contribution in [-0.4, -0.2) is 18.2 Å². The molecule has 0 spiro atoms. The van der Waals surface area contributed by atoms with Crippen LogP contribution < -0.4 is 0 Å². The van der Waals surface area contributed by atoms with Crippen molar-refractivity contribution >= 4 is 37.0 Å². The van der Waals surface area contributed by atoms with Crippen molar-refractivity contribution in [2.45, 2.75) is 27.7 Å². The smallest absolute Gasteiger partial charge is 0.0157 e. The molecule has 0 aliphatic heterocycles. The van der Waals surface area contributed by atoms with Gasteiger partial charge in [-0.3, -0.25) is 0 Å². The van der Waals surface area contributed by atoms with Crippen molar-refractivity contribution in [1.29, 1.82) is 0 Å². The maximum absolute atomic E-state index is 6.25. The zero-order valence-electron chi connectivity index (χ0n) is 8.93. The molecule has 0 radical (unpaired) electrons. The molecular formula is C9H20Cl2P2. The lowest BCUT2D eigenvalue weighted by molar-refractivity contribution is 0.745. The third-order valence-corrected chi connectivity index (χ3v) is 8.89. The van der Waals surface area contributed by atoms with E-state index in [1.165, 1.54) is 0 Å². The summed E-state index contributed by atoms with van der Waals surface area (Å²) in [5.41, 5.74) is 0. The quantitative estimate of drug-likeness (QED) is 0.551. The Morgan fingerprint density at radius 2 is 1.15 bits per heavy atom. The lowest BCUT2D eigenvalue weighted by Crippen LogP contribution is -1.96. The minimum absolute atomic E-state index is 0.321. The van der Waals surface area contributed by atoms with Crippen molar-refractivity contribution in [3.63, 3.8) is 0 Å². The van der Waals surface area contributed by atoms with Gasteiger partial charge in [0.05, 0.1) is 0 Å². The number of rotatable bonds is 6. The second-order valence-corrected chi connectivity index (χ2v) is 10.8. The second-order valence-electron chi connectivity index (χ2n) is 4.22. The minimum Gasteiger partial charge on any atom is -0.0960 e. The molecule has 0 aromatic heterocycles. The van der Waals surface area contributed by atoms with Gasteiger partial charge in [-0.1, -0.05) is 50.2 Å². The molecule has 0 saturated heterocycles. The van der Waals surface area contributed by atoms with Gasteiger partial charge in [0.25, 0.3) is 0 Å². The zero-order valence-corrected chi connectivity index (χ0v) is 12.2. The summed E-state index contributed by atoms with van der Waals surface area (Å²) in [4.78, 5) is 0. The molecule has 0 amide bonds. The summed E-state index contributed by atoms with van der Waals surface area (Å²) in [6.07, 6.45) is 2.31. The molecule has 0 rings (SSSR count). The van der Waals surface area contributed by atoms with Gasteiger partial charge in [0.1, 0.15) is 0 Å². The molecule has 2 atom stereocenters. The molecule has 0 aliphatic rings. The van der Waals surface area contributed by atoms with Gasteiger partial charge < -0.3 is 0 Å². The van der Waals surface area contributed by atoms with E-state index in [1.54, 1.807) is 0 Å². The maximum atomic E-state index is 6.25. The molecule has 0 saturated carbocycles. The monoisotopic (exact) mass is 260 g/mol. The molecule has 0 N–H and O–H groups in total. The van der Waals surface area contributed by atoms with Crippen molar-refractivity contribution in [2.24, 2.45) is 11.8 Å². The van der Waals surface area contributed by atoms with Crippen molar-refractivity contribution < 1.29 is 0 Å². The lowest BCUT2D eigenvalue weighted by atomic mass is 10.3. The van der Waals surface area contributed by atoms with E-state index in [0.29, 0.717) is 11.8 Å². The molecule has 4 heteroatoms. The van der Waals surface area contributed by atoms with E-state index in [1.807, 2.05) is 0 Å². The van der Waals surface area contributed by atoms with Crippen LogP contribution in [0.3, 0.4) is 0 Å². The average molecular weight is 261 g/mol. The maximum Gasteiger partial charge on any atom is 0.0157 e. The minimum atomic E-state index is -0.321. The first-order chi connectivity index (χ1) is 5.91. The molecular weight excluding hydrogens is 241 g/mol. The summed E-state index contributed by atoms with van der Waals surface area (Å²) < 4.78 is 0. The molecule has 0 heterocycles. The largest absolute Gasteiger partial charge is 0.0960 e. The SMILES string of the molecule is CC(C)CP(Cl)CP(Cl)CC(C)C. The first-order valence-corrected chi connectivity index (χ1v) is 9.96. The number of halogens is 2. The summed E-state index contributed by atoms with van der Waals surface area (Å²) in [6, 6.07) is 0. The van der Waals surface area contributed by atoms with Crippen LogP contribution in [0.4, 0.5) is 0 Å². The summed E-state index contributed by atoms with van der Waals surface area (Å²) in [6.45, 7) is 8.88. The molecule has 0 aromatic rings. The van der Waals surface area contributed by atoms with Crippen LogP contribution in [0.25, 0.3) is 0 Å². The lowest BCUT2D eigenvalue weighted by Gasteiger charge is -2.17. The highest BCUT2D eigenvalue weighted by atomic mass is 35.7. The predicted molar refractivity (Wildman–Crippen MR) is 69.8 cm³/mol. The van der Waals surface area contributed by atoms with Gasteiger partial charge in [0, 0.05) is 5.90 Å². The second kappa shape index (κ2) is 7.70. The third kappa shape index (κ3) is 9.74. The van der Waals surface area contributed by atoms with Crippen LogP contribution in [0.5, 0.6) is 0 Å². The Morgan fingerprint density at radius 1 is 0.846 bits per heavy atom. The van der Waals surface area contributed by atoms with Gasteiger partial charge >= 0.3 is 0 Å². The van der Waals surface area contributed by atoms with E-state index in [-0.39, 0.29) is 14.5 Å². The molecule has 0 bridgehead atoms.